The molecule has 0 atom stereocenters. The molecule has 0 aliphatic heterocycles. The third-order valence-corrected chi connectivity index (χ3v) is 3.17. The molecule has 0 unspecified atom stereocenters. The van der Waals surface area contributed by atoms with Crippen molar-refractivity contribution >= 4 is 23.0 Å². The summed E-state index contributed by atoms with van der Waals surface area (Å²) in [7, 11) is 0.964. The molecule has 6 nitrogen and oxygen atoms in total. The third-order valence-electron chi connectivity index (χ3n) is 3.17. The number of methoxy groups -OCH3 is 1. The van der Waals surface area contributed by atoms with Gasteiger partial charge in [0.05, 0.1) is 29.0 Å². The molecule has 0 saturated carbocycles. The van der Waals surface area contributed by atoms with Gasteiger partial charge in [0.25, 0.3) is 0 Å². The van der Waals surface area contributed by atoms with Gasteiger partial charge in [0.1, 0.15) is 5.82 Å². The molecule has 9 heteroatoms. The summed E-state index contributed by atoms with van der Waals surface area (Å²) in [6, 6.07) is 4.42. The number of rotatable bonds is 4. The number of nitrogens with one attached hydrogen (secondary N) is 1. The van der Waals surface area contributed by atoms with Crippen molar-refractivity contribution in [2.45, 2.75) is 6.92 Å². The Kier molecular flexibility index (Phi) is 4.72. The van der Waals surface area contributed by atoms with E-state index in [1.54, 1.807) is 6.92 Å². The lowest BCUT2D eigenvalue weighted by atomic mass is 10.1. The molecular formula is C15H11F3N2O4. The summed E-state index contributed by atoms with van der Waals surface area (Å²) >= 11 is 0. The van der Waals surface area contributed by atoms with E-state index in [2.05, 4.69) is 10.1 Å². The highest BCUT2D eigenvalue weighted by atomic mass is 19.2. The second kappa shape index (κ2) is 6.57. The van der Waals surface area contributed by atoms with Crippen molar-refractivity contribution in [1.29, 1.82) is 0 Å². The van der Waals surface area contributed by atoms with Crippen LogP contribution in [0.15, 0.2) is 24.3 Å². The van der Waals surface area contributed by atoms with Crippen LogP contribution in [0.5, 0.6) is 0 Å². The summed E-state index contributed by atoms with van der Waals surface area (Å²) in [5.74, 6) is -5.39. The maximum absolute atomic E-state index is 14.2. The van der Waals surface area contributed by atoms with Crippen molar-refractivity contribution in [2.75, 3.05) is 12.4 Å². The largest absolute Gasteiger partial charge is 0.465 e. The van der Waals surface area contributed by atoms with E-state index in [-0.39, 0.29) is 5.69 Å². The average molecular weight is 340 g/mol. The van der Waals surface area contributed by atoms with Crippen LogP contribution in [0.1, 0.15) is 15.9 Å². The zero-order valence-corrected chi connectivity index (χ0v) is 12.5. The van der Waals surface area contributed by atoms with E-state index in [1.807, 2.05) is 0 Å². The molecule has 0 aliphatic carbocycles. The van der Waals surface area contributed by atoms with Gasteiger partial charge in [-0.3, -0.25) is 10.1 Å². The lowest BCUT2D eigenvalue weighted by Gasteiger charge is -2.13. The molecule has 1 N–H and O–H groups in total. The van der Waals surface area contributed by atoms with Gasteiger partial charge < -0.3 is 10.1 Å². The molecule has 2 aromatic carbocycles. The van der Waals surface area contributed by atoms with Crippen molar-refractivity contribution in [3.63, 3.8) is 0 Å². The smallest absolute Gasteiger partial charge is 0.340 e. The summed E-state index contributed by atoms with van der Waals surface area (Å²) in [6.07, 6.45) is 0. The van der Waals surface area contributed by atoms with Gasteiger partial charge in [0, 0.05) is 6.07 Å². The minimum absolute atomic E-state index is 0.238. The van der Waals surface area contributed by atoms with Crippen LogP contribution < -0.4 is 5.32 Å². The third kappa shape index (κ3) is 3.14. The minimum atomic E-state index is -1.78. The van der Waals surface area contributed by atoms with Gasteiger partial charge >= 0.3 is 11.7 Å². The SMILES string of the molecule is COC(=O)c1cc([N+](=O)[O-])c(F)c(F)c1Nc1ccc(C)cc1F. The van der Waals surface area contributed by atoms with Gasteiger partial charge in [-0.15, -0.1) is 0 Å². The summed E-state index contributed by atoms with van der Waals surface area (Å²) in [4.78, 5) is 21.3. The molecule has 0 aromatic heterocycles. The highest BCUT2D eigenvalue weighted by Crippen LogP contribution is 2.33. The molecule has 0 spiro atoms. The van der Waals surface area contributed by atoms with Crippen molar-refractivity contribution in [2.24, 2.45) is 0 Å². The Bertz CT molecular complexity index is 840. The van der Waals surface area contributed by atoms with E-state index >= 15 is 0 Å². The second-order valence-corrected chi connectivity index (χ2v) is 4.80. The average Bonchev–Trinajstić information content (AvgIpc) is 2.53. The molecule has 0 heterocycles. The maximum Gasteiger partial charge on any atom is 0.340 e. The molecule has 0 fully saturated rings. The van der Waals surface area contributed by atoms with E-state index < -0.39 is 45.3 Å². The van der Waals surface area contributed by atoms with Gasteiger partial charge in [0.2, 0.25) is 5.82 Å². The molecule has 2 rings (SSSR count). The number of aryl methyl sites for hydroxylation is 1. The molecule has 24 heavy (non-hydrogen) atoms. The topological polar surface area (TPSA) is 81.5 Å². The van der Waals surface area contributed by atoms with Gasteiger partial charge in [-0.1, -0.05) is 6.07 Å². The molecule has 0 bridgehead atoms. The zero-order chi connectivity index (χ0) is 18.0. The number of anilines is 2. The Morgan fingerprint density at radius 3 is 2.42 bits per heavy atom. The number of carbonyl (C=O) groups excluding carboxylic acids is 1. The Labute approximate surface area is 134 Å². The zero-order valence-electron chi connectivity index (χ0n) is 12.5. The van der Waals surface area contributed by atoms with Crippen molar-refractivity contribution in [3.05, 3.63) is 63.0 Å². The first-order valence-electron chi connectivity index (χ1n) is 6.54. The van der Waals surface area contributed by atoms with Crippen molar-refractivity contribution in [3.8, 4) is 0 Å². The molecule has 126 valence electrons. The fraction of sp³-hybridized carbons (Fsp3) is 0.133. The highest BCUT2D eigenvalue weighted by Gasteiger charge is 2.29. The fourth-order valence-corrected chi connectivity index (χ4v) is 1.99. The number of hydrogen-bond acceptors (Lipinski definition) is 5. The number of benzene rings is 2. The summed E-state index contributed by atoms with van der Waals surface area (Å²) in [5, 5.41) is 13.0. The molecule has 0 saturated heterocycles. The monoisotopic (exact) mass is 340 g/mol. The summed E-state index contributed by atoms with van der Waals surface area (Å²) in [5.41, 5.74) is -2.28. The number of carbonyl (C=O) groups is 1. The van der Waals surface area contributed by atoms with E-state index in [9.17, 15) is 28.1 Å². The number of ether oxygens (including phenoxy) is 1. The van der Waals surface area contributed by atoms with Gasteiger partial charge in [-0.2, -0.15) is 4.39 Å². The normalized spacial score (nSPS) is 10.4. The maximum atomic E-state index is 14.2. The van der Waals surface area contributed by atoms with Crippen LogP contribution >= 0.6 is 0 Å². The first kappa shape index (κ1) is 17.3. The Balaban J connectivity index is 2.65. The molecule has 0 amide bonds. The standard InChI is InChI=1S/C15H11F3N2O4/c1-7-3-4-10(9(16)5-7)19-14-8(15(21)24-2)6-11(20(22)23)12(17)13(14)18/h3-6,19H,1-2H3. The molecule has 0 aliphatic rings. The second-order valence-electron chi connectivity index (χ2n) is 4.80. The van der Waals surface area contributed by atoms with E-state index in [0.29, 0.717) is 11.6 Å². The lowest BCUT2D eigenvalue weighted by molar-refractivity contribution is -0.387. The number of nitro benzene ring substituents is 1. The van der Waals surface area contributed by atoms with Crippen molar-refractivity contribution < 1.29 is 27.6 Å². The lowest BCUT2D eigenvalue weighted by Crippen LogP contribution is -2.11. The number of nitro groups is 1. The Morgan fingerprint density at radius 2 is 1.88 bits per heavy atom. The fourth-order valence-electron chi connectivity index (χ4n) is 1.99. The van der Waals surface area contributed by atoms with Gasteiger partial charge in [-0.05, 0) is 24.6 Å². The number of hydrogen-bond donors (Lipinski definition) is 1. The Morgan fingerprint density at radius 1 is 1.21 bits per heavy atom. The van der Waals surface area contributed by atoms with Crippen LogP contribution in [0.3, 0.4) is 0 Å². The van der Waals surface area contributed by atoms with E-state index in [4.69, 9.17) is 0 Å². The molecule has 2 aromatic rings. The first-order chi connectivity index (χ1) is 11.3. The minimum Gasteiger partial charge on any atom is -0.465 e. The van der Waals surface area contributed by atoms with Crippen molar-refractivity contribution in [1.82, 2.24) is 0 Å². The highest BCUT2D eigenvalue weighted by molar-refractivity contribution is 5.97. The number of nitrogens with zero attached hydrogens (tertiary/aromatic N) is 1. The first-order valence-corrected chi connectivity index (χ1v) is 6.54. The Hall–Kier alpha value is -3.10. The summed E-state index contributed by atoms with van der Waals surface area (Å²) in [6.45, 7) is 1.62. The van der Waals surface area contributed by atoms with Gasteiger partial charge in [-0.25, -0.2) is 13.6 Å². The van der Waals surface area contributed by atoms with E-state index in [1.165, 1.54) is 12.1 Å². The van der Waals surface area contributed by atoms with Crippen LogP contribution in [0.2, 0.25) is 0 Å². The van der Waals surface area contributed by atoms with E-state index in [0.717, 1.165) is 13.2 Å². The van der Waals surface area contributed by atoms with Crippen LogP contribution in [0, 0.1) is 34.5 Å². The van der Waals surface area contributed by atoms with Crippen LogP contribution in [0.25, 0.3) is 0 Å². The summed E-state index contributed by atoms with van der Waals surface area (Å²) < 4.78 is 46.3. The predicted octanol–water partition coefficient (Wildman–Crippen LogP) is 3.85. The quantitative estimate of drug-likeness (QED) is 0.519. The predicted molar refractivity (Wildman–Crippen MR) is 78.8 cm³/mol. The van der Waals surface area contributed by atoms with Crippen LogP contribution in [0.4, 0.5) is 30.2 Å². The number of esters is 1. The van der Waals surface area contributed by atoms with Crippen LogP contribution in [-0.4, -0.2) is 18.0 Å². The molecular weight excluding hydrogens is 329 g/mol. The van der Waals surface area contributed by atoms with Gasteiger partial charge in [0.15, 0.2) is 5.82 Å². The van der Waals surface area contributed by atoms with Crippen LogP contribution in [-0.2, 0) is 4.74 Å². The molecule has 0 radical (unpaired) electrons. The number of halogens is 3.